The summed E-state index contributed by atoms with van der Waals surface area (Å²) in [4.78, 5) is 7.89. The zero-order valence-corrected chi connectivity index (χ0v) is 12.1. The summed E-state index contributed by atoms with van der Waals surface area (Å²) < 4.78 is 24.8. The van der Waals surface area contributed by atoms with E-state index >= 15 is 0 Å². The van der Waals surface area contributed by atoms with E-state index < -0.39 is 9.84 Å². The van der Waals surface area contributed by atoms with Gasteiger partial charge in [-0.3, -0.25) is 4.68 Å². The Labute approximate surface area is 117 Å². The predicted octanol–water partition coefficient (Wildman–Crippen LogP) is 0.628. The number of hydrogen-bond acceptors (Lipinski definition) is 6. The largest absolute Gasteiger partial charge is 0.252 e. The molecule has 0 radical (unpaired) electrons. The van der Waals surface area contributed by atoms with E-state index in [2.05, 4.69) is 20.3 Å². The monoisotopic (exact) mass is 293 g/mol. The van der Waals surface area contributed by atoms with Crippen LogP contribution in [-0.2, 0) is 23.3 Å². The summed E-state index contributed by atoms with van der Waals surface area (Å²) in [6.45, 7) is 0. The first-order chi connectivity index (χ1) is 9.45. The molecule has 3 rings (SSSR count). The van der Waals surface area contributed by atoms with Crippen molar-refractivity contribution in [2.45, 2.75) is 24.4 Å². The molecule has 2 aromatic heterocycles. The van der Waals surface area contributed by atoms with Gasteiger partial charge in [0, 0.05) is 19.5 Å². The highest BCUT2D eigenvalue weighted by molar-refractivity contribution is 7.90. The van der Waals surface area contributed by atoms with Crippen molar-refractivity contribution in [2.24, 2.45) is 13.0 Å². The van der Waals surface area contributed by atoms with E-state index in [0.29, 0.717) is 17.3 Å². The lowest BCUT2D eigenvalue weighted by atomic mass is 10.1. The molecule has 0 aromatic carbocycles. The maximum absolute atomic E-state index is 11.5. The standard InChI is InChI=1S/C12H15N5O2S/c1-17-10(7-8-3-4-8)11(15-16-17)9-5-6-13-12(14-9)20(2,18)19/h5-6,8H,3-4,7H2,1-2H3. The number of rotatable bonds is 4. The third kappa shape index (κ3) is 2.55. The fourth-order valence-electron chi connectivity index (χ4n) is 2.05. The summed E-state index contributed by atoms with van der Waals surface area (Å²) >= 11 is 0. The summed E-state index contributed by atoms with van der Waals surface area (Å²) in [6, 6.07) is 1.66. The van der Waals surface area contributed by atoms with Crippen LogP contribution in [0.2, 0.25) is 0 Å². The molecule has 2 heterocycles. The lowest BCUT2D eigenvalue weighted by molar-refractivity contribution is 0.593. The molecule has 1 fully saturated rings. The summed E-state index contributed by atoms with van der Waals surface area (Å²) in [5.74, 6) is 0.683. The van der Waals surface area contributed by atoms with Gasteiger partial charge in [-0.1, -0.05) is 5.21 Å². The number of aryl methyl sites for hydroxylation is 1. The van der Waals surface area contributed by atoms with Crippen LogP contribution in [-0.4, -0.2) is 39.6 Å². The van der Waals surface area contributed by atoms with Gasteiger partial charge in [-0.05, 0) is 31.2 Å². The lowest BCUT2D eigenvalue weighted by Crippen LogP contribution is -2.05. The van der Waals surface area contributed by atoms with Gasteiger partial charge in [0.1, 0.15) is 5.69 Å². The normalized spacial score (nSPS) is 15.5. The Morgan fingerprint density at radius 3 is 2.80 bits per heavy atom. The number of aromatic nitrogens is 5. The van der Waals surface area contributed by atoms with Crippen molar-refractivity contribution in [1.29, 1.82) is 0 Å². The Morgan fingerprint density at radius 1 is 1.40 bits per heavy atom. The second-order valence-electron chi connectivity index (χ2n) is 5.15. The van der Waals surface area contributed by atoms with E-state index in [-0.39, 0.29) is 5.16 Å². The Hall–Kier alpha value is -1.83. The molecule has 7 nitrogen and oxygen atoms in total. The predicted molar refractivity (Wildman–Crippen MR) is 71.6 cm³/mol. The molecule has 1 saturated carbocycles. The molecule has 0 aliphatic heterocycles. The van der Waals surface area contributed by atoms with Gasteiger partial charge in [-0.25, -0.2) is 18.4 Å². The van der Waals surface area contributed by atoms with Crippen molar-refractivity contribution in [3.05, 3.63) is 18.0 Å². The second-order valence-corrected chi connectivity index (χ2v) is 7.06. The average Bonchev–Trinajstić information content (AvgIpc) is 3.14. The first-order valence-corrected chi connectivity index (χ1v) is 8.26. The van der Waals surface area contributed by atoms with Crippen LogP contribution in [0.25, 0.3) is 11.4 Å². The molecule has 106 valence electrons. The highest BCUT2D eigenvalue weighted by Gasteiger charge is 2.26. The fraction of sp³-hybridized carbons (Fsp3) is 0.500. The number of nitrogens with zero attached hydrogens (tertiary/aromatic N) is 5. The summed E-state index contributed by atoms with van der Waals surface area (Å²) in [6.07, 6.45) is 5.88. The maximum Gasteiger partial charge on any atom is 0.247 e. The topological polar surface area (TPSA) is 90.6 Å². The molecule has 1 aliphatic rings. The van der Waals surface area contributed by atoms with E-state index in [0.717, 1.165) is 18.4 Å². The maximum atomic E-state index is 11.5. The van der Waals surface area contributed by atoms with Gasteiger partial charge in [-0.2, -0.15) is 0 Å². The van der Waals surface area contributed by atoms with Gasteiger partial charge in [0.05, 0.1) is 11.4 Å². The Bertz CT molecular complexity index is 749. The van der Waals surface area contributed by atoms with Gasteiger partial charge < -0.3 is 0 Å². The minimum atomic E-state index is -3.43. The van der Waals surface area contributed by atoms with Crippen molar-refractivity contribution < 1.29 is 8.42 Å². The summed E-state index contributed by atoms with van der Waals surface area (Å²) in [7, 11) is -1.59. The van der Waals surface area contributed by atoms with E-state index in [1.807, 2.05) is 7.05 Å². The van der Waals surface area contributed by atoms with Crippen molar-refractivity contribution in [3.8, 4) is 11.4 Å². The molecule has 1 aliphatic carbocycles. The molecule has 0 atom stereocenters. The van der Waals surface area contributed by atoms with E-state index in [9.17, 15) is 8.42 Å². The minimum Gasteiger partial charge on any atom is -0.252 e. The summed E-state index contributed by atoms with van der Waals surface area (Å²) in [5, 5.41) is 7.96. The zero-order chi connectivity index (χ0) is 14.3. The molecule has 0 bridgehead atoms. The van der Waals surface area contributed by atoms with Crippen LogP contribution in [0, 0.1) is 5.92 Å². The van der Waals surface area contributed by atoms with Crippen LogP contribution in [0.15, 0.2) is 17.4 Å². The fourth-order valence-corrected chi connectivity index (χ4v) is 2.57. The Balaban J connectivity index is 2.04. The molecule has 0 N–H and O–H groups in total. The third-order valence-corrected chi connectivity index (χ3v) is 4.19. The van der Waals surface area contributed by atoms with Gasteiger partial charge >= 0.3 is 0 Å². The smallest absolute Gasteiger partial charge is 0.247 e. The third-order valence-electron chi connectivity index (χ3n) is 3.33. The lowest BCUT2D eigenvalue weighted by Gasteiger charge is -2.04. The first-order valence-electron chi connectivity index (χ1n) is 6.37. The van der Waals surface area contributed by atoms with Crippen LogP contribution >= 0.6 is 0 Å². The molecular formula is C12H15N5O2S. The van der Waals surface area contributed by atoms with Gasteiger partial charge in [0.15, 0.2) is 0 Å². The van der Waals surface area contributed by atoms with Crippen molar-refractivity contribution >= 4 is 9.84 Å². The molecule has 0 spiro atoms. The van der Waals surface area contributed by atoms with Crippen LogP contribution in [0.3, 0.4) is 0 Å². The van der Waals surface area contributed by atoms with Crippen molar-refractivity contribution in [2.75, 3.05) is 6.26 Å². The van der Waals surface area contributed by atoms with E-state index in [4.69, 9.17) is 0 Å². The quantitative estimate of drug-likeness (QED) is 0.768. The molecular weight excluding hydrogens is 278 g/mol. The molecule has 0 unspecified atom stereocenters. The van der Waals surface area contributed by atoms with Gasteiger partial charge in [0.2, 0.25) is 15.0 Å². The van der Waals surface area contributed by atoms with Crippen LogP contribution < -0.4 is 0 Å². The van der Waals surface area contributed by atoms with Crippen molar-refractivity contribution in [3.63, 3.8) is 0 Å². The van der Waals surface area contributed by atoms with E-state index in [1.165, 1.54) is 19.0 Å². The highest BCUT2D eigenvalue weighted by Crippen LogP contribution is 2.34. The van der Waals surface area contributed by atoms with E-state index in [1.54, 1.807) is 10.7 Å². The Morgan fingerprint density at radius 2 is 2.15 bits per heavy atom. The summed E-state index contributed by atoms with van der Waals surface area (Å²) in [5.41, 5.74) is 2.14. The minimum absolute atomic E-state index is 0.182. The molecule has 8 heteroatoms. The van der Waals surface area contributed by atoms with Crippen LogP contribution in [0.4, 0.5) is 0 Å². The van der Waals surface area contributed by atoms with Crippen molar-refractivity contribution in [1.82, 2.24) is 25.0 Å². The molecule has 20 heavy (non-hydrogen) atoms. The van der Waals surface area contributed by atoms with Crippen LogP contribution in [0.5, 0.6) is 0 Å². The highest BCUT2D eigenvalue weighted by atomic mass is 32.2. The zero-order valence-electron chi connectivity index (χ0n) is 11.3. The second kappa shape index (κ2) is 4.62. The van der Waals surface area contributed by atoms with Gasteiger partial charge in [0.25, 0.3) is 0 Å². The molecule has 2 aromatic rings. The first kappa shape index (κ1) is 13.2. The number of sulfone groups is 1. The number of hydrogen-bond donors (Lipinski definition) is 0. The SMILES string of the molecule is Cn1nnc(-c2ccnc(S(C)(=O)=O)n2)c1CC1CC1. The molecule has 0 amide bonds. The average molecular weight is 293 g/mol. The van der Waals surface area contributed by atoms with Crippen LogP contribution in [0.1, 0.15) is 18.5 Å². The molecule has 0 saturated heterocycles. The Kier molecular flexibility index (Phi) is 3.04. The van der Waals surface area contributed by atoms with Gasteiger partial charge in [-0.15, -0.1) is 5.10 Å².